The number of ether oxygens (including phenoxy) is 1. The van der Waals surface area contributed by atoms with E-state index in [1.54, 1.807) is 36.8 Å². The summed E-state index contributed by atoms with van der Waals surface area (Å²) < 4.78 is 5.04. The van der Waals surface area contributed by atoms with E-state index in [9.17, 15) is 0 Å². The summed E-state index contributed by atoms with van der Waals surface area (Å²) >= 11 is 1.55. The smallest absolute Gasteiger partial charge is 0.227 e. The quantitative estimate of drug-likeness (QED) is 0.617. The summed E-state index contributed by atoms with van der Waals surface area (Å²) in [6, 6.07) is 11.1. The number of aryl methyl sites for hydroxylation is 1. The highest BCUT2D eigenvalue weighted by atomic mass is 32.1. The molecule has 3 rings (SSSR count). The van der Waals surface area contributed by atoms with Crippen LogP contribution in [0.2, 0.25) is 0 Å². The number of hydrogen-bond acceptors (Lipinski definition) is 8. The summed E-state index contributed by atoms with van der Waals surface area (Å²) in [5.74, 6) is 0.494. The molecule has 2 heterocycles. The van der Waals surface area contributed by atoms with E-state index in [0.717, 1.165) is 27.1 Å². The Bertz CT molecular complexity index is 916. The molecule has 0 unspecified atom stereocenters. The largest absolute Gasteiger partial charge is 0.383 e. The number of benzene rings is 1. The monoisotopic (exact) mass is 366 g/mol. The van der Waals surface area contributed by atoms with E-state index >= 15 is 0 Å². The second-order valence-electron chi connectivity index (χ2n) is 5.43. The highest BCUT2D eigenvalue weighted by molar-refractivity contribution is 7.19. The molecule has 7 nitrogen and oxygen atoms in total. The van der Waals surface area contributed by atoms with E-state index in [-0.39, 0.29) is 0 Å². The van der Waals surface area contributed by atoms with E-state index in [1.165, 1.54) is 0 Å². The molecule has 1 aromatic carbocycles. The van der Waals surface area contributed by atoms with Gasteiger partial charge >= 0.3 is 0 Å². The van der Waals surface area contributed by atoms with Crippen LogP contribution in [-0.4, -0.2) is 35.2 Å². The first-order valence-electron chi connectivity index (χ1n) is 8.00. The maximum absolute atomic E-state index is 8.86. The van der Waals surface area contributed by atoms with Crippen molar-refractivity contribution in [3.63, 3.8) is 0 Å². The molecule has 0 amide bonds. The van der Waals surface area contributed by atoms with Crippen molar-refractivity contribution in [2.75, 3.05) is 30.9 Å². The number of anilines is 3. The molecule has 8 heteroatoms. The third-order valence-electron chi connectivity index (χ3n) is 3.54. The Balaban J connectivity index is 1.77. The predicted octanol–water partition coefficient (Wildman–Crippen LogP) is 3.58. The molecule has 0 atom stereocenters. The number of methoxy groups -OCH3 is 1. The van der Waals surface area contributed by atoms with Gasteiger partial charge in [-0.15, -0.1) is 0 Å². The standard InChI is InChI=1S/C18H18N6OS/c1-12-16(26-18(22-12)21-9-10-25-2)15-7-8-20-17(24-15)23-14-5-3-13(11-19)4-6-14/h3-8H,9-10H2,1-2H3,(H,21,22)(H,20,23,24). The van der Waals surface area contributed by atoms with Crippen molar-refractivity contribution in [2.24, 2.45) is 0 Å². The summed E-state index contributed by atoms with van der Waals surface area (Å²) in [7, 11) is 1.67. The Morgan fingerprint density at radius 1 is 1.19 bits per heavy atom. The van der Waals surface area contributed by atoms with Crippen molar-refractivity contribution in [3.8, 4) is 16.6 Å². The van der Waals surface area contributed by atoms with Gasteiger partial charge in [0.1, 0.15) is 0 Å². The summed E-state index contributed by atoms with van der Waals surface area (Å²) in [6.45, 7) is 3.29. The Labute approximate surface area is 155 Å². The number of aromatic nitrogens is 3. The van der Waals surface area contributed by atoms with Gasteiger partial charge in [-0.2, -0.15) is 5.26 Å². The molecule has 0 bridgehead atoms. The molecular weight excluding hydrogens is 348 g/mol. The van der Waals surface area contributed by atoms with E-state index in [1.807, 2.05) is 25.1 Å². The summed E-state index contributed by atoms with van der Waals surface area (Å²) in [6.07, 6.45) is 1.71. The zero-order chi connectivity index (χ0) is 18.4. The number of rotatable bonds is 7. The third-order valence-corrected chi connectivity index (χ3v) is 4.68. The topological polar surface area (TPSA) is 95.8 Å². The molecule has 0 aliphatic heterocycles. The average Bonchev–Trinajstić information content (AvgIpc) is 3.03. The Hall–Kier alpha value is -3.02. The fraction of sp³-hybridized carbons (Fsp3) is 0.222. The normalized spacial score (nSPS) is 10.3. The molecule has 0 fully saturated rings. The molecule has 0 radical (unpaired) electrons. The van der Waals surface area contributed by atoms with Crippen LogP contribution in [0.3, 0.4) is 0 Å². The van der Waals surface area contributed by atoms with Gasteiger partial charge in [-0.1, -0.05) is 11.3 Å². The first-order chi connectivity index (χ1) is 12.7. The first-order valence-corrected chi connectivity index (χ1v) is 8.82. The zero-order valence-electron chi connectivity index (χ0n) is 14.5. The van der Waals surface area contributed by atoms with E-state index < -0.39 is 0 Å². The van der Waals surface area contributed by atoms with Crippen molar-refractivity contribution < 1.29 is 4.74 Å². The predicted molar refractivity (Wildman–Crippen MR) is 103 cm³/mol. The van der Waals surface area contributed by atoms with Gasteiger partial charge in [0.2, 0.25) is 5.95 Å². The Morgan fingerprint density at radius 2 is 2.00 bits per heavy atom. The van der Waals surface area contributed by atoms with Gasteiger partial charge in [0.05, 0.1) is 34.5 Å². The maximum atomic E-state index is 8.86. The molecular formula is C18H18N6OS. The fourth-order valence-corrected chi connectivity index (χ4v) is 3.23. The summed E-state index contributed by atoms with van der Waals surface area (Å²) in [5.41, 5.74) is 3.16. The van der Waals surface area contributed by atoms with Gasteiger partial charge in [-0.05, 0) is 37.3 Å². The molecule has 2 N–H and O–H groups in total. The lowest BCUT2D eigenvalue weighted by atomic mass is 10.2. The molecule has 132 valence electrons. The molecule has 0 aliphatic rings. The first kappa shape index (κ1) is 17.8. The summed E-state index contributed by atoms with van der Waals surface area (Å²) in [5, 5.41) is 16.1. The maximum Gasteiger partial charge on any atom is 0.227 e. The lowest BCUT2D eigenvalue weighted by Gasteiger charge is -2.06. The molecule has 0 saturated heterocycles. The van der Waals surface area contributed by atoms with Crippen molar-refractivity contribution in [1.82, 2.24) is 15.0 Å². The second-order valence-corrected chi connectivity index (χ2v) is 6.43. The van der Waals surface area contributed by atoms with E-state index in [4.69, 9.17) is 10.00 Å². The van der Waals surface area contributed by atoms with Gasteiger partial charge in [0.15, 0.2) is 5.13 Å². The lowest BCUT2D eigenvalue weighted by Crippen LogP contribution is -2.06. The van der Waals surface area contributed by atoms with Gasteiger partial charge in [-0.25, -0.2) is 15.0 Å². The lowest BCUT2D eigenvalue weighted by molar-refractivity contribution is 0.211. The van der Waals surface area contributed by atoms with Crippen LogP contribution in [0.4, 0.5) is 16.8 Å². The molecule has 26 heavy (non-hydrogen) atoms. The van der Waals surface area contributed by atoms with Crippen LogP contribution in [0, 0.1) is 18.3 Å². The van der Waals surface area contributed by atoms with Crippen molar-refractivity contribution in [1.29, 1.82) is 5.26 Å². The zero-order valence-corrected chi connectivity index (χ0v) is 15.3. The minimum atomic E-state index is 0.494. The average molecular weight is 366 g/mol. The number of thiazole rings is 1. The third kappa shape index (κ3) is 4.33. The van der Waals surface area contributed by atoms with Crippen LogP contribution in [0.5, 0.6) is 0 Å². The van der Waals surface area contributed by atoms with Gasteiger partial charge in [0, 0.05) is 25.5 Å². The molecule has 0 saturated carbocycles. The van der Waals surface area contributed by atoms with Crippen molar-refractivity contribution >= 4 is 28.1 Å². The number of nitriles is 1. The molecule has 2 aromatic heterocycles. The van der Waals surface area contributed by atoms with Crippen LogP contribution < -0.4 is 10.6 Å². The van der Waals surface area contributed by atoms with Crippen LogP contribution in [0.1, 0.15) is 11.3 Å². The molecule has 0 aliphatic carbocycles. The van der Waals surface area contributed by atoms with Crippen LogP contribution >= 0.6 is 11.3 Å². The molecule has 0 spiro atoms. The minimum Gasteiger partial charge on any atom is -0.383 e. The second kappa shape index (κ2) is 8.38. The minimum absolute atomic E-state index is 0.494. The summed E-state index contributed by atoms with van der Waals surface area (Å²) in [4.78, 5) is 14.4. The van der Waals surface area contributed by atoms with E-state index in [2.05, 4.69) is 31.7 Å². The van der Waals surface area contributed by atoms with Crippen molar-refractivity contribution in [2.45, 2.75) is 6.92 Å². The van der Waals surface area contributed by atoms with Gasteiger partial charge in [0.25, 0.3) is 0 Å². The Kier molecular flexibility index (Phi) is 5.73. The van der Waals surface area contributed by atoms with Gasteiger partial charge in [-0.3, -0.25) is 0 Å². The van der Waals surface area contributed by atoms with Crippen LogP contribution in [0.25, 0.3) is 10.6 Å². The number of hydrogen-bond donors (Lipinski definition) is 2. The SMILES string of the molecule is COCCNc1nc(C)c(-c2ccnc(Nc3ccc(C#N)cc3)n2)s1. The van der Waals surface area contributed by atoms with Gasteiger partial charge < -0.3 is 15.4 Å². The fourth-order valence-electron chi connectivity index (χ4n) is 2.27. The number of nitrogens with one attached hydrogen (secondary N) is 2. The Morgan fingerprint density at radius 3 is 2.73 bits per heavy atom. The molecule has 3 aromatic rings. The van der Waals surface area contributed by atoms with Crippen LogP contribution in [-0.2, 0) is 4.74 Å². The number of nitrogens with zero attached hydrogens (tertiary/aromatic N) is 4. The van der Waals surface area contributed by atoms with Crippen molar-refractivity contribution in [3.05, 3.63) is 47.8 Å². The highest BCUT2D eigenvalue weighted by Gasteiger charge is 2.12. The highest BCUT2D eigenvalue weighted by Crippen LogP contribution is 2.31. The van der Waals surface area contributed by atoms with Crippen LogP contribution in [0.15, 0.2) is 36.5 Å². The van der Waals surface area contributed by atoms with E-state index in [0.29, 0.717) is 24.7 Å².